The number of hydrogen-bond donors (Lipinski definition) is 2. The molecule has 4 rings (SSSR count). The monoisotopic (exact) mass is 351 g/mol. The lowest BCUT2D eigenvalue weighted by atomic mass is 9.94. The minimum atomic E-state index is 0.374. The predicted molar refractivity (Wildman–Crippen MR) is 105 cm³/mol. The van der Waals surface area contributed by atoms with Gasteiger partial charge in [0.2, 0.25) is 0 Å². The molecule has 2 N–H and O–H groups in total. The van der Waals surface area contributed by atoms with Gasteiger partial charge in [0.25, 0.3) is 0 Å². The normalized spacial score (nSPS) is 17.8. The molecule has 0 aromatic heterocycles. The van der Waals surface area contributed by atoms with Crippen LogP contribution in [-0.4, -0.2) is 49.3 Å². The first-order valence-electron chi connectivity index (χ1n) is 9.24. The molecule has 2 aliphatic heterocycles. The number of methoxy groups -OCH3 is 1. The van der Waals surface area contributed by atoms with E-state index in [0.717, 1.165) is 42.8 Å². The van der Waals surface area contributed by atoms with E-state index in [1.165, 1.54) is 21.8 Å². The zero-order chi connectivity index (χ0) is 17.9. The molecule has 0 atom stereocenters. The van der Waals surface area contributed by atoms with E-state index in [1.807, 2.05) is 18.3 Å². The number of piperidine rings is 1. The molecular formula is C21H25N3O2. The first-order chi connectivity index (χ1) is 12.7. The van der Waals surface area contributed by atoms with Crippen LogP contribution >= 0.6 is 0 Å². The maximum absolute atomic E-state index is 9.60. The number of hydrogen-bond acceptors (Lipinski definition) is 5. The van der Waals surface area contributed by atoms with Gasteiger partial charge < -0.3 is 15.3 Å². The van der Waals surface area contributed by atoms with Gasteiger partial charge in [-0.2, -0.15) is 5.06 Å². The van der Waals surface area contributed by atoms with Crippen molar-refractivity contribution in [2.75, 3.05) is 32.1 Å². The summed E-state index contributed by atoms with van der Waals surface area (Å²) in [6, 6.07) is 13.1. The predicted octanol–water partition coefficient (Wildman–Crippen LogP) is 3.60. The Morgan fingerprint density at radius 1 is 1.15 bits per heavy atom. The van der Waals surface area contributed by atoms with Crippen molar-refractivity contribution in [1.29, 1.82) is 0 Å². The van der Waals surface area contributed by atoms with Crippen LogP contribution in [0.1, 0.15) is 24.0 Å². The minimum absolute atomic E-state index is 0.374. The summed E-state index contributed by atoms with van der Waals surface area (Å²) in [5.41, 5.74) is 6.03. The van der Waals surface area contributed by atoms with E-state index < -0.39 is 0 Å². The van der Waals surface area contributed by atoms with Crippen LogP contribution in [-0.2, 0) is 6.42 Å². The van der Waals surface area contributed by atoms with E-state index in [-0.39, 0.29) is 0 Å². The number of nitrogens with zero attached hydrogens (tertiary/aromatic N) is 2. The van der Waals surface area contributed by atoms with Crippen molar-refractivity contribution in [3.63, 3.8) is 0 Å². The molecule has 1 saturated heterocycles. The lowest BCUT2D eigenvalue weighted by molar-refractivity contribution is -0.105. The van der Waals surface area contributed by atoms with E-state index in [2.05, 4.69) is 34.6 Å². The summed E-state index contributed by atoms with van der Waals surface area (Å²) < 4.78 is 5.39. The van der Waals surface area contributed by atoms with Gasteiger partial charge in [-0.3, -0.25) is 4.99 Å². The van der Waals surface area contributed by atoms with Gasteiger partial charge in [0.15, 0.2) is 0 Å². The SMILES string of the molecule is COc1cccc(-c2cc3c(c(NC4CCN(O)CC4)c2)C=NCC3)c1. The number of anilines is 1. The Kier molecular flexibility index (Phi) is 4.91. The molecule has 1 fully saturated rings. The van der Waals surface area contributed by atoms with E-state index in [9.17, 15) is 5.21 Å². The van der Waals surface area contributed by atoms with Crippen molar-refractivity contribution < 1.29 is 9.94 Å². The fraction of sp³-hybridized carbons (Fsp3) is 0.381. The second kappa shape index (κ2) is 7.48. The Morgan fingerprint density at radius 2 is 2.00 bits per heavy atom. The van der Waals surface area contributed by atoms with Crippen LogP contribution in [0.25, 0.3) is 11.1 Å². The fourth-order valence-corrected chi connectivity index (χ4v) is 3.73. The second-order valence-corrected chi connectivity index (χ2v) is 6.99. The third kappa shape index (κ3) is 3.59. The third-order valence-corrected chi connectivity index (χ3v) is 5.23. The van der Waals surface area contributed by atoms with Gasteiger partial charge in [0.1, 0.15) is 5.75 Å². The van der Waals surface area contributed by atoms with Crippen LogP contribution in [0.3, 0.4) is 0 Å². The molecular weight excluding hydrogens is 326 g/mol. The average Bonchev–Trinajstić information content (AvgIpc) is 2.69. The van der Waals surface area contributed by atoms with E-state index in [4.69, 9.17) is 4.74 Å². The van der Waals surface area contributed by atoms with Crippen LogP contribution in [0.2, 0.25) is 0 Å². The number of ether oxygens (including phenoxy) is 1. The van der Waals surface area contributed by atoms with Gasteiger partial charge in [0, 0.05) is 43.1 Å². The lowest BCUT2D eigenvalue weighted by Gasteiger charge is -2.30. The maximum Gasteiger partial charge on any atom is 0.119 e. The fourth-order valence-electron chi connectivity index (χ4n) is 3.73. The molecule has 0 bridgehead atoms. The average molecular weight is 351 g/mol. The molecule has 2 aromatic carbocycles. The Balaban J connectivity index is 1.69. The topological polar surface area (TPSA) is 57.1 Å². The molecule has 0 unspecified atom stereocenters. The Labute approximate surface area is 154 Å². The van der Waals surface area contributed by atoms with Crippen molar-refractivity contribution in [2.24, 2.45) is 4.99 Å². The standard InChI is InChI=1S/C21H25N3O2/c1-26-19-4-2-3-15(12-19)17-11-16-5-8-22-14-20(16)21(13-17)23-18-6-9-24(25)10-7-18/h2-4,11-14,18,23,25H,5-10H2,1H3. The number of aliphatic imine (C=N–C) groups is 1. The molecule has 136 valence electrons. The minimum Gasteiger partial charge on any atom is -0.497 e. The quantitative estimate of drug-likeness (QED) is 0.884. The van der Waals surface area contributed by atoms with Crippen molar-refractivity contribution >= 4 is 11.9 Å². The molecule has 5 heteroatoms. The summed E-state index contributed by atoms with van der Waals surface area (Å²) in [5, 5.41) is 14.7. The first kappa shape index (κ1) is 17.1. The zero-order valence-electron chi connectivity index (χ0n) is 15.1. The van der Waals surface area contributed by atoms with E-state index in [0.29, 0.717) is 19.1 Å². The van der Waals surface area contributed by atoms with Gasteiger partial charge in [-0.1, -0.05) is 18.2 Å². The van der Waals surface area contributed by atoms with Gasteiger partial charge in [0.05, 0.1) is 7.11 Å². The molecule has 26 heavy (non-hydrogen) atoms. The van der Waals surface area contributed by atoms with E-state index >= 15 is 0 Å². The van der Waals surface area contributed by atoms with Gasteiger partial charge in [-0.25, -0.2) is 0 Å². The molecule has 2 aliphatic rings. The molecule has 0 spiro atoms. The van der Waals surface area contributed by atoms with Crippen molar-refractivity contribution in [3.05, 3.63) is 47.5 Å². The van der Waals surface area contributed by atoms with Crippen molar-refractivity contribution in [2.45, 2.75) is 25.3 Å². The molecule has 2 heterocycles. The highest BCUT2D eigenvalue weighted by atomic mass is 16.5. The highest BCUT2D eigenvalue weighted by Gasteiger charge is 2.20. The van der Waals surface area contributed by atoms with Crippen LogP contribution in [0.4, 0.5) is 5.69 Å². The molecule has 0 saturated carbocycles. The van der Waals surface area contributed by atoms with Crippen LogP contribution in [0.15, 0.2) is 41.4 Å². The molecule has 0 aliphatic carbocycles. The largest absolute Gasteiger partial charge is 0.497 e. The molecule has 5 nitrogen and oxygen atoms in total. The summed E-state index contributed by atoms with van der Waals surface area (Å²) in [6.07, 6.45) is 4.84. The lowest BCUT2D eigenvalue weighted by Crippen LogP contribution is -2.37. The number of rotatable bonds is 4. The summed E-state index contributed by atoms with van der Waals surface area (Å²) in [6.45, 7) is 2.27. The summed E-state index contributed by atoms with van der Waals surface area (Å²) in [4.78, 5) is 4.48. The Hall–Kier alpha value is -2.37. The zero-order valence-corrected chi connectivity index (χ0v) is 15.1. The van der Waals surface area contributed by atoms with Crippen molar-refractivity contribution in [1.82, 2.24) is 5.06 Å². The first-order valence-corrected chi connectivity index (χ1v) is 9.24. The number of benzene rings is 2. The number of hydroxylamine groups is 2. The maximum atomic E-state index is 9.60. The van der Waals surface area contributed by atoms with Crippen LogP contribution in [0.5, 0.6) is 5.75 Å². The molecule has 0 radical (unpaired) electrons. The van der Waals surface area contributed by atoms with E-state index in [1.54, 1.807) is 7.11 Å². The summed E-state index contributed by atoms with van der Waals surface area (Å²) in [7, 11) is 1.70. The Bertz CT molecular complexity index is 811. The van der Waals surface area contributed by atoms with Gasteiger partial charge >= 0.3 is 0 Å². The molecule has 0 amide bonds. The third-order valence-electron chi connectivity index (χ3n) is 5.23. The highest BCUT2D eigenvalue weighted by Crippen LogP contribution is 2.32. The smallest absolute Gasteiger partial charge is 0.119 e. The molecule has 2 aromatic rings. The Morgan fingerprint density at radius 3 is 2.81 bits per heavy atom. The number of nitrogens with one attached hydrogen (secondary N) is 1. The van der Waals surface area contributed by atoms with Crippen LogP contribution < -0.4 is 10.1 Å². The summed E-state index contributed by atoms with van der Waals surface area (Å²) in [5.74, 6) is 0.867. The van der Waals surface area contributed by atoms with Gasteiger partial charge in [-0.15, -0.1) is 0 Å². The second-order valence-electron chi connectivity index (χ2n) is 6.99. The van der Waals surface area contributed by atoms with Gasteiger partial charge in [-0.05, 0) is 54.2 Å². The highest BCUT2D eigenvalue weighted by molar-refractivity contribution is 5.93. The summed E-state index contributed by atoms with van der Waals surface area (Å²) >= 11 is 0. The van der Waals surface area contributed by atoms with Crippen LogP contribution in [0, 0.1) is 0 Å². The van der Waals surface area contributed by atoms with Crippen molar-refractivity contribution in [3.8, 4) is 16.9 Å². The number of fused-ring (bicyclic) bond motifs is 1.